The molecule has 12 heavy (non-hydrogen) atoms. The summed E-state index contributed by atoms with van der Waals surface area (Å²) < 4.78 is 4.65. The molecule has 1 aromatic heterocycles. The smallest absolute Gasteiger partial charge is 0.185 e. The van der Waals surface area contributed by atoms with Crippen LogP contribution in [0.15, 0.2) is 16.5 Å². The van der Waals surface area contributed by atoms with E-state index in [1.54, 1.807) is 0 Å². The van der Waals surface area contributed by atoms with E-state index in [1.165, 1.54) is 12.1 Å². The molecule has 5 heteroatoms. The van der Waals surface area contributed by atoms with Gasteiger partial charge in [0.15, 0.2) is 24.1 Å². The summed E-state index contributed by atoms with van der Waals surface area (Å²) in [6.45, 7) is 0. The standard InChI is InChI=1S/C6H4O3.CH2Cl2/c7-3-5-1-2-6(4-8)9-5;2-1-3/h1-4H;1H2. The van der Waals surface area contributed by atoms with E-state index in [-0.39, 0.29) is 16.9 Å². The lowest BCUT2D eigenvalue weighted by Gasteiger charge is -1.75. The quantitative estimate of drug-likeness (QED) is 0.554. The molecule has 0 aliphatic heterocycles. The van der Waals surface area contributed by atoms with Gasteiger partial charge in [-0.15, -0.1) is 23.2 Å². The first-order valence-corrected chi connectivity index (χ1v) is 3.97. The first-order chi connectivity index (χ1) is 5.78. The van der Waals surface area contributed by atoms with Crippen LogP contribution >= 0.6 is 23.2 Å². The highest BCUT2D eigenvalue weighted by Gasteiger charge is 1.96. The van der Waals surface area contributed by atoms with Gasteiger partial charge in [0.05, 0.1) is 5.34 Å². The summed E-state index contributed by atoms with van der Waals surface area (Å²) in [6, 6.07) is 2.88. The van der Waals surface area contributed by atoms with Crippen molar-refractivity contribution in [2.45, 2.75) is 0 Å². The predicted molar refractivity (Wildman–Crippen MR) is 46.1 cm³/mol. The van der Waals surface area contributed by atoms with Gasteiger partial charge >= 0.3 is 0 Å². The van der Waals surface area contributed by atoms with Crippen LogP contribution in [-0.4, -0.2) is 17.9 Å². The van der Waals surface area contributed by atoms with Gasteiger partial charge in [-0.25, -0.2) is 0 Å². The molecule has 1 heterocycles. The van der Waals surface area contributed by atoms with Crippen LogP contribution < -0.4 is 0 Å². The summed E-state index contributed by atoms with van der Waals surface area (Å²) in [5.74, 6) is 0.356. The van der Waals surface area contributed by atoms with Crippen molar-refractivity contribution in [1.29, 1.82) is 0 Å². The predicted octanol–water partition coefficient (Wildman–Crippen LogP) is 2.33. The van der Waals surface area contributed by atoms with Gasteiger partial charge in [0.1, 0.15) is 0 Å². The third-order valence-electron chi connectivity index (χ3n) is 0.880. The molecule has 0 aromatic carbocycles. The van der Waals surface area contributed by atoms with Crippen molar-refractivity contribution in [2.24, 2.45) is 0 Å². The Morgan fingerprint density at radius 1 is 1.17 bits per heavy atom. The Labute approximate surface area is 79.3 Å². The lowest BCUT2D eigenvalue weighted by molar-refractivity contribution is 0.108. The molecule has 0 amide bonds. The number of aldehydes is 2. The van der Waals surface area contributed by atoms with Gasteiger partial charge < -0.3 is 4.42 Å². The van der Waals surface area contributed by atoms with Crippen LogP contribution in [0.5, 0.6) is 0 Å². The Morgan fingerprint density at radius 2 is 1.50 bits per heavy atom. The fraction of sp³-hybridized carbons (Fsp3) is 0.143. The molecule has 0 aliphatic rings. The summed E-state index contributed by atoms with van der Waals surface area (Å²) >= 11 is 9.53. The molecule has 0 unspecified atom stereocenters. The van der Waals surface area contributed by atoms with Crippen LogP contribution in [-0.2, 0) is 0 Å². The molecule has 0 fully saturated rings. The number of carbonyl (C=O) groups excluding carboxylic acids is 2. The van der Waals surface area contributed by atoms with Gasteiger partial charge in [0.25, 0.3) is 0 Å². The molecule has 0 aliphatic carbocycles. The first-order valence-electron chi connectivity index (χ1n) is 2.90. The number of alkyl halides is 2. The Hall–Kier alpha value is -0.800. The zero-order chi connectivity index (χ0) is 9.40. The Morgan fingerprint density at radius 3 is 1.67 bits per heavy atom. The molecule has 0 radical (unpaired) electrons. The van der Waals surface area contributed by atoms with Crippen LogP contribution in [0, 0.1) is 0 Å². The van der Waals surface area contributed by atoms with Gasteiger partial charge in [0.2, 0.25) is 0 Å². The van der Waals surface area contributed by atoms with Crippen LogP contribution in [0.4, 0.5) is 0 Å². The molecule has 0 saturated heterocycles. The van der Waals surface area contributed by atoms with Crippen molar-refractivity contribution in [3.05, 3.63) is 23.7 Å². The van der Waals surface area contributed by atoms with Crippen LogP contribution in [0.2, 0.25) is 0 Å². The maximum Gasteiger partial charge on any atom is 0.185 e. The third kappa shape index (κ3) is 4.16. The van der Waals surface area contributed by atoms with Crippen LogP contribution in [0.3, 0.4) is 0 Å². The van der Waals surface area contributed by atoms with Crippen LogP contribution in [0.25, 0.3) is 0 Å². The van der Waals surface area contributed by atoms with E-state index >= 15 is 0 Å². The van der Waals surface area contributed by atoms with E-state index < -0.39 is 0 Å². The summed E-state index contributed by atoms with van der Waals surface area (Å²) in [4.78, 5) is 19.9. The molecular weight excluding hydrogens is 203 g/mol. The Balaban J connectivity index is 0.000000354. The van der Waals surface area contributed by atoms with E-state index in [1.807, 2.05) is 0 Å². The maximum atomic E-state index is 9.93. The average molecular weight is 209 g/mol. The lowest BCUT2D eigenvalue weighted by atomic mass is 10.4. The van der Waals surface area contributed by atoms with E-state index in [0.717, 1.165) is 0 Å². The van der Waals surface area contributed by atoms with Gasteiger partial charge in [-0.1, -0.05) is 0 Å². The molecule has 0 atom stereocenters. The highest BCUT2D eigenvalue weighted by molar-refractivity contribution is 6.40. The average Bonchev–Trinajstić information content (AvgIpc) is 2.53. The highest BCUT2D eigenvalue weighted by Crippen LogP contribution is 2.01. The van der Waals surface area contributed by atoms with Crippen molar-refractivity contribution < 1.29 is 14.0 Å². The zero-order valence-corrected chi connectivity index (χ0v) is 7.51. The minimum absolute atomic E-state index is 0.178. The van der Waals surface area contributed by atoms with Gasteiger partial charge in [-0.3, -0.25) is 9.59 Å². The van der Waals surface area contributed by atoms with Crippen molar-refractivity contribution in [2.75, 3.05) is 5.34 Å². The molecular formula is C7H6Cl2O3. The molecule has 3 nitrogen and oxygen atoms in total. The number of furan rings is 1. The topological polar surface area (TPSA) is 47.3 Å². The van der Waals surface area contributed by atoms with Gasteiger partial charge in [0, 0.05) is 0 Å². The minimum Gasteiger partial charge on any atom is -0.450 e. The summed E-state index contributed by atoms with van der Waals surface area (Å²) in [6.07, 6.45) is 1.10. The van der Waals surface area contributed by atoms with Gasteiger partial charge in [-0.05, 0) is 12.1 Å². The second-order valence-corrected chi connectivity index (χ2v) is 2.38. The number of carbonyl (C=O) groups is 2. The van der Waals surface area contributed by atoms with E-state index in [4.69, 9.17) is 23.2 Å². The van der Waals surface area contributed by atoms with E-state index in [2.05, 4.69) is 4.42 Å². The summed E-state index contributed by atoms with van der Waals surface area (Å²) in [7, 11) is 0. The Kier molecular flexibility index (Phi) is 6.42. The molecule has 1 aromatic rings. The number of halogens is 2. The SMILES string of the molecule is ClCCl.O=Cc1ccc(C=O)o1. The normalized spacial score (nSPS) is 8.17. The third-order valence-corrected chi connectivity index (χ3v) is 0.880. The second kappa shape index (κ2) is 6.88. The largest absolute Gasteiger partial charge is 0.450 e. The lowest BCUT2D eigenvalue weighted by Crippen LogP contribution is -1.70. The molecule has 0 saturated carbocycles. The highest BCUT2D eigenvalue weighted by atomic mass is 35.5. The molecule has 0 spiro atoms. The fourth-order valence-electron chi connectivity index (χ4n) is 0.495. The summed E-state index contributed by atoms with van der Waals surface area (Å²) in [5.41, 5.74) is 0. The maximum absolute atomic E-state index is 9.93. The minimum atomic E-state index is 0.178. The number of hydrogen-bond donors (Lipinski definition) is 0. The fourth-order valence-corrected chi connectivity index (χ4v) is 0.495. The number of rotatable bonds is 2. The van der Waals surface area contributed by atoms with Crippen LogP contribution in [0.1, 0.15) is 21.1 Å². The molecule has 0 bridgehead atoms. The molecule has 0 N–H and O–H groups in total. The summed E-state index contributed by atoms with van der Waals surface area (Å²) in [5, 5.41) is 0.194. The van der Waals surface area contributed by atoms with Crippen molar-refractivity contribution >= 4 is 35.8 Å². The first kappa shape index (κ1) is 11.2. The van der Waals surface area contributed by atoms with Crippen molar-refractivity contribution in [3.63, 3.8) is 0 Å². The molecule has 66 valence electrons. The Bertz CT molecular complexity index is 222. The van der Waals surface area contributed by atoms with E-state index in [0.29, 0.717) is 12.6 Å². The zero-order valence-electron chi connectivity index (χ0n) is 6.00. The monoisotopic (exact) mass is 208 g/mol. The van der Waals surface area contributed by atoms with E-state index in [9.17, 15) is 9.59 Å². The molecule has 1 rings (SSSR count). The van der Waals surface area contributed by atoms with Crippen molar-refractivity contribution in [3.8, 4) is 0 Å². The number of hydrogen-bond acceptors (Lipinski definition) is 3. The van der Waals surface area contributed by atoms with Gasteiger partial charge in [-0.2, -0.15) is 0 Å². The van der Waals surface area contributed by atoms with Crippen molar-refractivity contribution in [1.82, 2.24) is 0 Å². The second-order valence-electron chi connectivity index (χ2n) is 1.58.